The first kappa shape index (κ1) is 12.1. The fraction of sp³-hybridized carbons (Fsp3) is 0.125. The number of thiophene rings is 1. The molecule has 1 aromatic heterocycles. The van der Waals surface area contributed by atoms with Gasteiger partial charge in [-0.15, -0.1) is 11.3 Å². The van der Waals surface area contributed by atoms with E-state index < -0.39 is 0 Å². The lowest BCUT2D eigenvalue weighted by Gasteiger charge is -2.06. The summed E-state index contributed by atoms with van der Waals surface area (Å²) in [6, 6.07) is 13.2. The van der Waals surface area contributed by atoms with Crippen LogP contribution >= 0.6 is 11.3 Å². The van der Waals surface area contributed by atoms with Crippen molar-refractivity contribution in [3.05, 3.63) is 59.0 Å². The van der Waals surface area contributed by atoms with E-state index in [0.717, 1.165) is 5.75 Å². The Morgan fingerprint density at radius 1 is 1.11 bits per heavy atom. The number of hydrogen-bond donors (Lipinski definition) is 1. The molecule has 2 nitrogen and oxygen atoms in total. The molecule has 96 valence electrons. The summed E-state index contributed by atoms with van der Waals surface area (Å²) >= 11 is 1.75. The quantitative estimate of drug-likeness (QED) is 0.759. The average Bonchev–Trinajstić information content (AvgIpc) is 2.83. The van der Waals surface area contributed by atoms with Crippen LogP contribution in [-0.2, 0) is 6.61 Å². The lowest BCUT2D eigenvalue weighted by Crippen LogP contribution is -1.94. The lowest BCUT2D eigenvalue weighted by molar-refractivity contribution is 0.307. The van der Waals surface area contributed by atoms with E-state index in [4.69, 9.17) is 4.74 Å². The van der Waals surface area contributed by atoms with Crippen LogP contribution in [0.3, 0.4) is 0 Å². The molecule has 0 saturated heterocycles. The van der Waals surface area contributed by atoms with Crippen molar-refractivity contribution in [1.29, 1.82) is 0 Å². The summed E-state index contributed by atoms with van der Waals surface area (Å²) in [6.45, 7) is 2.68. The highest BCUT2D eigenvalue weighted by Crippen LogP contribution is 2.29. The van der Waals surface area contributed by atoms with Gasteiger partial charge in [0.2, 0.25) is 0 Å². The van der Waals surface area contributed by atoms with Gasteiger partial charge in [-0.1, -0.05) is 12.1 Å². The number of fused-ring (bicyclic) bond motifs is 1. The molecule has 0 amide bonds. The van der Waals surface area contributed by atoms with Crippen LogP contribution in [0, 0.1) is 6.92 Å². The highest BCUT2D eigenvalue weighted by atomic mass is 32.1. The van der Waals surface area contributed by atoms with E-state index in [1.807, 2.05) is 0 Å². The van der Waals surface area contributed by atoms with Crippen LogP contribution in [0.25, 0.3) is 10.1 Å². The minimum atomic E-state index is 0.254. The van der Waals surface area contributed by atoms with E-state index in [0.29, 0.717) is 6.61 Å². The molecule has 0 aliphatic heterocycles. The van der Waals surface area contributed by atoms with Crippen molar-refractivity contribution in [2.75, 3.05) is 0 Å². The van der Waals surface area contributed by atoms with Crippen molar-refractivity contribution in [2.45, 2.75) is 13.5 Å². The van der Waals surface area contributed by atoms with Crippen molar-refractivity contribution in [2.24, 2.45) is 0 Å². The number of hydrogen-bond acceptors (Lipinski definition) is 3. The molecule has 19 heavy (non-hydrogen) atoms. The molecule has 3 heteroatoms. The minimum absolute atomic E-state index is 0.254. The van der Waals surface area contributed by atoms with Gasteiger partial charge >= 0.3 is 0 Å². The molecule has 0 spiro atoms. The third-order valence-electron chi connectivity index (χ3n) is 3.11. The molecule has 0 bridgehead atoms. The Kier molecular flexibility index (Phi) is 3.13. The van der Waals surface area contributed by atoms with Gasteiger partial charge in [0.05, 0.1) is 0 Å². The third-order valence-corrected chi connectivity index (χ3v) is 4.11. The van der Waals surface area contributed by atoms with Gasteiger partial charge in [0.1, 0.15) is 18.1 Å². The van der Waals surface area contributed by atoms with Crippen LogP contribution in [0.2, 0.25) is 0 Å². The van der Waals surface area contributed by atoms with E-state index in [1.165, 1.54) is 21.2 Å². The molecule has 0 saturated carbocycles. The molecule has 1 N–H and O–H groups in total. The summed E-state index contributed by atoms with van der Waals surface area (Å²) in [6.07, 6.45) is 0. The zero-order chi connectivity index (χ0) is 13.2. The molecule has 0 unspecified atom stereocenters. The van der Waals surface area contributed by atoms with E-state index in [1.54, 1.807) is 35.6 Å². The maximum atomic E-state index is 9.23. The topological polar surface area (TPSA) is 29.5 Å². The second-order valence-corrected chi connectivity index (χ2v) is 5.40. The summed E-state index contributed by atoms with van der Waals surface area (Å²) in [5, 5.41) is 12.7. The number of aromatic hydroxyl groups is 1. The molecule has 0 aliphatic carbocycles. The highest BCUT2D eigenvalue weighted by molar-refractivity contribution is 7.17. The van der Waals surface area contributed by atoms with E-state index in [-0.39, 0.29) is 5.75 Å². The van der Waals surface area contributed by atoms with Crippen molar-refractivity contribution < 1.29 is 9.84 Å². The summed E-state index contributed by atoms with van der Waals surface area (Å²) < 4.78 is 7.06. The van der Waals surface area contributed by atoms with Crippen molar-refractivity contribution in [1.82, 2.24) is 0 Å². The van der Waals surface area contributed by atoms with E-state index in [2.05, 4.69) is 30.5 Å². The summed E-state index contributed by atoms with van der Waals surface area (Å²) in [7, 11) is 0. The molecular formula is C16H14O2S. The lowest BCUT2D eigenvalue weighted by atomic mass is 10.1. The number of rotatable bonds is 3. The van der Waals surface area contributed by atoms with Gasteiger partial charge in [-0.2, -0.15) is 0 Å². The maximum absolute atomic E-state index is 9.23. The number of benzene rings is 2. The Morgan fingerprint density at radius 2 is 1.89 bits per heavy atom. The van der Waals surface area contributed by atoms with Crippen LogP contribution in [0.1, 0.15) is 11.1 Å². The minimum Gasteiger partial charge on any atom is -0.508 e. The van der Waals surface area contributed by atoms with E-state index in [9.17, 15) is 5.11 Å². The van der Waals surface area contributed by atoms with Crippen molar-refractivity contribution in [3.63, 3.8) is 0 Å². The smallest absolute Gasteiger partial charge is 0.120 e. The van der Waals surface area contributed by atoms with E-state index >= 15 is 0 Å². The van der Waals surface area contributed by atoms with Crippen LogP contribution < -0.4 is 4.74 Å². The third kappa shape index (κ3) is 2.42. The van der Waals surface area contributed by atoms with Crippen molar-refractivity contribution >= 4 is 21.4 Å². The summed E-state index contributed by atoms with van der Waals surface area (Å²) in [5.74, 6) is 1.02. The first-order valence-electron chi connectivity index (χ1n) is 6.11. The van der Waals surface area contributed by atoms with Crippen LogP contribution in [0.5, 0.6) is 11.5 Å². The van der Waals surface area contributed by atoms with Gasteiger partial charge in [0.25, 0.3) is 0 Å². The van der Waals surface area contributed by atoms with Gasteiger partial charge in [-0.3, -0.25) is 0 Å². The standard InChI is InChI=1S/C16H14O2S/c1-11-3-2-4-15-16(11)12(10-19-15)9-18-14-7-5-13(17)6-8-14/h2-8,10,17H,9H2,1H3. The fourth-order valence-electron chi connectivity index (χ4n) is 2.15. The van der Waals surface area contributed by atoms with Gasteiger partial charge in [0, 0.05) is 15.6 Å². The monoisotopic (exact) mass is 270 g/mol. The molecule has 3 aromatic rings. The van der Waals surface area contributed by atoms with Gasteiger partial charge in [0.15, 0.2) is 0 Å². The molecule has 0 radical (unpaired) electrons. The molecular weight excluding hydrogens is 256 g/mol. The molecule has 2 aromatic carbocycles. The summed E-state index contributed by atoms with van der Waals surface area (Å²) in [4.78, 5) is 0. The summed E-state index contributed by atoms with van der Waals surface area (Å²) in [5.41, 5.74) is 2.49. The number of phenols is 1. The highest BCUT2D eigenvalue weighted by Gasteiger charge is 2.07. The first-order valence-corrected chi connectivity index (χ1v) is 6.99. The van der Waals surface area contributed by atoms with Gasteiger partial charge < -0.3 is 9.84 Å². The van der Waals surface area contributed by atoms with Gasteiger partial charge in [-0.05, 0) is 48.2 Å². The normalized spacial score (nSPS) is 10.8. The SMILES string of the molecule is Cc1cccc2scc(COc3ccc(O)cc3)c12. The van der Waals surface area contributed by atoms with Crippen LogP contribution in [-0.4, -0.2) is 5.11 Å². The Bertz CT molecular complexity index is 698. The predicted octanol–water partition coefficient (Wildman–Crippen LogP) is 4.49. The Morgan fingerprint density at radius 3 is 2.68 bits per heavy atom. The molecule has 0 fully saturated rings. The number of aryl methyl sites for hydroxylation is 1. The largest absolute Gasteiger partial charge is 0.508 e. The van der Waals surface area contributed by atoms with Crippen molar-refractivity contribution in [3.8, 4) is 11.5 Å². The zero-order valence-corrected chi connectivity index (χ0v) is 11.4. The van der Waals surface area contributed by atoms with Crippen LogP contribution in [0.4, 0.5) is 0 Å². The van der Waals surface area contributed by atoms with Crippen LogP contribution in [0.15, 0.2) is 47.8 Å². The molecule has 3 rings (SSSR count). The predicted molar refractivity (Wildman–Crippen MR) is 79.0 cm³/mol. The fourth-order valence-corrected chi connectivity index (χ4v) is 3.18. The molecule has 0 aliphatic rings. The second-order valence-electron chi connectivity index (χ2n) is 4.49. The maximum Gasteiger partial charge on any atom is 0.120 e. The van der Waals surface area contributed by atoms with Gasteiger partial charge in [-0.25, -0.2) is 0 Å². The molecule has 1 heterocycles. The zero-order valence-electron chi connectivity index (χ0n) is 10.6. The number of ether oxygens (including phenoxy) is 1. The Hall–Kier alpha value is -2.00. The average molecular weight is 270 g/mol. The molecule has 0 atom stereocenters. The second kappa shape index (κ2) is 4.94. The Labute approximate surface area is 115 Å². The number of phenolic OH excluding ortho intramolecular Hbond substituents is 1. The first-order chi connectivity index (χ1) is 9.24. The Balaban J connectivity index is 1.84.